The van der Waals surface area contributed by atoms with Crippen molar-refractivity contribution in [1.29, 1.82) is 0 Å². The number of amides is 1. The van der Waals surface area contributed by atoms with E-state index in [0.29, 0.717) is 12.2 Å². The van der Waals surface area contributed by atoms with Gasteiger partial charge in [-0.25, -0.2) is 4.39 Å². The molecule has 0 spiro atoms. The molecule has 1 aromatic carbocycles. The van der Waals surface area contributed by atoms with Crippen molar-refractivity contribution in [3.8, 4) is 11.8 Å². The molecular formula is C16H20FN3O. The Hall–Kier alpha value is -2.06. The number of hydrogen-bond acceptors (Lipinski definition) is 3. The van der Waals surface area contributed by atoms with Crippen molar-refractivity contribution in [1.82, 2.24) is 10.2 Å². The number of anilines is 1. The molecule has 1 N–H and O–H groups in total. The van der Waals surface area contributed by atoms with Gasteiger partial charge in [-0.2, -0.15) is 0 Å². The van der Waals surface area contributed by atoms with Crippen molar-refractivity contribution in [2.24, 2.45) is 0 Å². The van der Waals surface area contributed by atoms with Crippen molar-refractivity contribution in [2.75, 3.05) is 44.2 Å². The molecule has 112 valence electrons. The van der Waals surface area contributed by atoms with Gasteiger partial charge in [0.2, 0.25) is 0 Å². The summed E-state index contributed by atoms with van der Waals surface area (Å²) in [7, 11) is 0. The molecule has 5 heteroatoms. The van der Waals surface area contributed by atoms with Gasteiger partial charge < -0.3 is 10.2 Å². The predicted octanol–water partition coefficient (Wildman–Crippen LogP) is 1.09. The summed E-state index contributed by atoms with van der Waals surface area (Å²) in [6.07, 6.45) is 0. The molecule has 2 rings (SSSR count). The zero-order valence-corrected chi connectivity index (χ0v) is 12.2. The molecule has 1 aliphatic rings. The van der Waals surface area contributed by atoms with Crippen molar-refractivity contribution in [2.45, 2.75) is 6.92 Å². The second-order valence-corrected chi connectivity index (χ2v) is 4.91. The zero-order valence-electron chi connectivity index (χ0n) is 12.2. The van der Waals surface area contributed by atoms with E-state index in [2.05, 4.69) is 27.0 Å². The molecule has 0 atom stereocenters. The predicted molar refractivity (Wildman–Crippen MR) is 81.5 cm³/mol. The number of nitrogens with one attached hydrogen (secondary N) is 1. The van der Waals surface area contributed by atoms with Crippen molar-refractivity contribution < 1.29 is 9.18 Å². The summed E-state index contributed by atoms with van der Waals surface area (Å²) in [6, 6.07) is 6.87. The Morgan fingerprint density at radius 1 is 1.29 bits per heavy atom. The number of piperazine rings is 1. The molecule has 21 heavy (non-hydrogen) atoms. The van der Waals surface area contributed by atoms with Gasteiger partial charge in [0, 0.05) is 39.3 Å². The van der Waals surface area contributed by atoms with Crippen LogP contribution in [0.5, 0.6) is 0 Å². The van der Waals surface area contributed by atoms with E-state index in [4.69, 9.17) is 0 Å². The van der Waals surface area contributed by atoms with Crippen LogP contribution in [0.25, 0.3) is 0 Å². The Balaban J connectivity index is 1.74. The molecule has 0 aliphatic carbocycles. The third-order valence-electron chi connectivity index (χ3n) is 3.52. The Morgan fingerprint density at radius 3 is 2.67 bits per heavy atom. The van der Waals surface area contributed by atoms with E-state index >= 15 is 0 Å². The second-order valence-electron chi connectivity index (χ2n) is 4.91. The molecule has 0 saturated carbocycles. The summed E-state index contributed by atoms with van der Waals surface area (Å²) < 4.78 is 13.7. The van der Waals surface area contributed by atoms with Crippen LogP contribution in [0.1, 0.15) is 6.92 Å². The summed E-state index contributed by atoms with van der Waals surface area (Å²) in [5.74, 6) is 4.61. The second kappa shape index (κ2) is 7.65. The normalized spacial score (nSPS) is 15.2. The fraction of sp³-hybridized carbons (Fsp3) is 0.438. The van der Waals surface area contributed by atoms with Gasteiger partial charge in [0.15, 0.2) is 0 Å². The van der Waals surface area contributed by atoms with Gasteiger partial charge in [0.25, 0.3) is 5.91 Å². The molecule has 1 amide bonds. The molecule has 0 radical (unpaired) electrons. The lowest BCUT2D eigenvalue weighted by Crippen LogP contribution is -2.48. The molecule has 0 aromatic heterocycles. The van der Waals surface area contributed by atoms with Gasteiger partial charge in [-0.15, -0.1) is 0 Å². The summed E-state index contributed by atoms with van der Waals surface area (Å²) >= 11 is 0. The topological polar surface area (TPSA) is 35.6 Å². The highest BCUT2D eigenvalue weighted by Crippen LogP contribution is 2.19. The lowest BCUT2D eigenvalue weighted by atomic mass is 10.2. The first-order chi connectivity index (χ1) is 10.2. The zero-order chi connectivity index (χ0) is 15.1. The highest BCUT2D eigenvalue weighted by Gasteiger charge is 2.18. The van der Waals surface area contributed by atoms with E-state index in [0.717, 1.165) is 32.7 Å². The molecule has 1 aromatic rings. The smallest absolute Gasteiger partial charge is 0.295 e. The molecule has 0 unspecified atom stereocenters. The van der Waals surface area contributed by atoms with Crippen LogP contribution < -0.4 is 10.2 Å². The average molecular weight is 289 g/mol. The van der Waals surface area contributed by atoms with Crippen LogP contribution in [0.4, 0.5) is 10.1 Å². The van der Waals surface area contributed by atoms with Crippen LogP contribution in [-0.4, -0.2) is 50.1 Å². The minimum Gasteiger partial charge on any atom is -0.367 e. The minimum absolute atomic E-state index is 0.170. The molecule has 0 bridgehead atoms. The van der Waals surface area contributed by atoms with Crippen LogP contribution in [0.2, 0.25) is 0 Å². The molecule has 1 saturated heterocycles. The van der Waals surface area contributed by atoms with E-state index in [1.807, 2.05) is 12.1 Å². The van der Waals surface area contributed by atoms with Gasteiger partial charge >= 0.3 is 0 Å². The van der Waals surface area contributed by atoms with E-state index < -0.39 is 0 Å². The largest absolute Gasteiger partial charge is 0.367 e. The Bertz CT molecular complexity index is 542. The number of carbonyl (C=O) groups is 1. The summed E-state index contributed by atoms with van der Waals surface area (Å²) in [5.41, 5.74) is 0.670. The first-order valence-electron chi connectivity index (χ1n) is 7.13. The fourth-order valence-corrected chi connectivity index (χ4v) is 2.41. The molecule has 1 heterocycles. The van der Waals surface area contributed by atoms with Gasteiger partial charge in [0.1, 0.15) is 5.82 Å². The van der Waals surface area contributed by atoms with Gasteiger partial charge in [-0.05, 0) is 25.0 Å². The van der Waals surface area contributed by atoms with E-state index in [-0.39, 0.29) is 11.7 Å². The SMILES string of the molecule is CC#CC(=O)NCCN1CCN(c2ccccc2F)CC1. The van der Waals surface area contributed by atoms with Crippen LogP contribution in [0, 0.1) is 17.7 Å². The van der Waals surface area contributed by atoms with Crippen molar-refractivity contribution in [3.05, 3.63) is 30.1 Å². The standard InChI is InChI=1S/C16H20FN3O/c1-2-5-16(21)18-8-9-19-10-12-20(13-11-19)15-7-4-3-6-14(15)17/h3-4,6-7H,8-13H2,1H3,(H,18,21). The van der Waals surface area contributed by atoms with Crippen LogP contribution in [0.15, 0.2) is 24.3 Å². The first-order valence-corrected chi connectivity index (χ1v) is 7.13. The highest BCUT2D eigenvalue weighted by molar-refractivity contribution is 5.93. The Morgan fingerprint density at radius 2 is 2.00 bits per heavy atom. The maximum atomic E-state index is 13.7. The minimum atomic E-state index is -0.234. The lowest BCUT2D eigenvalue weighted by Gasteiger charge is -2.36. The summed E-state index contributed by atoms with van der Waals surface area (Å²) in [6.45, 7) is 6.34. The van der Waals surface area contributed by atoms with E-state index in [9.17, 15) is 9.18 Å². The number of rotatable bonds is 4. The Kier molecular flexibility index (Phi) is 5.59. The lowest BCUT2D eigenvalue weighted by molar-refractivity contribution is -0.115. The fourth-order valence-electron chi connectivity index (χ4n) is 2.41. The number of para-hydroxylation sites is 1. The number of nitrogens with zero attached hydrogens (tertiary/aromatic N) is 2. The average Bonchev–Trinajstić information content (AvgIpc) is 2.49. The maximum Gasteiger partial charge on any atom is 0.295 e. The monoisotopic (exact) mass is 289 g/mol. The first kappa shape index (κ1) is 15.3. The molecule has 1 fully saturated rings. The van der Waals surface area contributed by atoms with Crippen LogP contribution in [-0.2, 0) is 4.79 Å². The van der Waals surface area contributed by atoms with Crippen molar-refractivity contribution in [3.63, 3.8) is 0 Å². The van der Waals surface area contributed by atoms with Gasteiger partial charge in [-0.1, -0.05) is 18.1 Å². The van der Waals surface area contributed by atoms with Gasteiger partial charge in [0.05, 0.1) is 5.69 Å². The molecule has 4 nitrogen and oxygen atoms in total. The number of carbonyl (C=O) groups excluding carboxylic acids is 1. The van der Waals surface area contributed by atoms with Gasteiger partial charge in [-0.3, -0.25) is 9.69 Å². The molecular weight excluding hydrogens is 269 g/mol. The third kappa shape index (κ3) is 4.47. The molecule has 1 aliphatic heterocycles. The van der Waals surface area contributed by atoms with E-state index in [1.54, 1.807) is 13.0 Å². The maximum absolute atomic E-state index is 13.7. The van der Waals surface area contributed by atoms with Crippen LogP contribution >= 0.6 is 0 Å². The quantitative estimate of drug-likeness (QED) is 0.843. The summed E-state index contributed by atoms with van der Waals surface area (Å²) in [5, 5.41) is 2.76. The van der Waals surface area contributed by atoms with Crippen molar-refractivity contribution >= 4 is 11.6 Å². The third-order valence-corrected chi connectivity index (χ3v) is 3.52. The number of hydrogen-bond donors (Lipinski definition) is 1. The highest BCUT2D eigenvalue weighted by atomic mass is 19.1. The number of benzene rings is 1. The number of halogens is 1. The summed E-state index contributed by atoms with van der Waals surface area (Å²) in [4.78, 5) is 15.5. The van der Waals surface area contributed by atoms with E-state index in [1.165, 1.54) is 6.07 Å². The van der Waals surface area contributed by atoms with Crippen LogP contribution in [0.3, 0.4) is 0 Å². The Labute approximate surface area is 124 Å².